The standard InChI is InChI=1S/C23H35N5O3/c1-14(2)12-28-10-9-17(13-28)11-24-19(29)8-7-18-15(3)20-21(25-16(18)4)26(5)23(31)27(6)22(20)30/h14,17H,7-13H2,1-6H3,(H,24,29). The van der Waals surface area contributed by atoms with Crippen molar-refractivity contribution < 1.29 is 4.79 Å². The third-order valence-corrected chi connectivity index (χ3v) is 6.35. The lowest BCUT2D eigenvalue weighted by Gasteiger charge is -2.18. The molecule has 3 heterocycles. The van der Waals surface area contributed by atoms with Crippen molar-refractivity contribution in [2.75, 3.05) is 26.2 Å². The van der Waals surface area contributed by atoms with Crippen LogP contribution in [0.15, 0.2) is 9.59 Å². The number of rotatable bonds is 7. The topological polar surface area (TPSA) is 89.2 Å². The van der Waals surface area contributed by atoms with Crippen molar-refractivity contribution in [3.8, 4) is 0 Å². The molecule has 1 N–H and O–H groups in total. The summed E-state index contributed by atoms with van der Waals surface area (Å²) in [5.74, 6) is 1.20. The van der Waals surface area contributed by atoms with E-state index in [2.05, 4.69) is 29.0 Å². The summed E-state index contributed by atoms with van der Waals surface area (Å²) in [4.78, 5) is 44.4. The van der Waals surface area contributed by atoms with E-state index in [0.717, 1.165) is 47.4 Å². The summed E-state index contributed by atoms with van der Waals surface area (Å²) < 4.78 is 2.50. The molecule has 1 fully saturated rings. The fourth-order valence-electron chi connectivity index (χ4n) is 4.66. The van der Waals surface area contributed by atoms with Gasteiger partial charge in [-0.25, -0.2) is 9.78 Å². The van der Waals surface area contributed by atoms with E-state index in [-0.39, 0.29) is 11.5 Å². The second-order valence-corrected chi connectivity index (χ2v) is 9.32. The highest BCUT2D eigenvalue weighted by molar-refractivity contribution is 5.80. The average molecular weight is 430 g/mol. The van der Waals surface area contributed by atoms with Crippen LogP contribution in [-0.2, 0) is 25.3 Å². The number of nitrogens with one attached hydrogen (secondary N) is 1. The van der Waals surface area contributed by atoms with Crippen LogP contribution in [0.4, 0.5) is 0 Å². The molecule has 1 saturated heterocycles. The fourth-order valence-corrected chi connectivity index (χ4v) is 4.66. The molecule has 8 nitrogen and oxygen atoms in total. The molecule has 1 aliphatic rings. The number of nitrogens with zero attached hydrogens (tertiary/aromatic N) is 4. The molecule has 0 aliphatic carbocycles. The summed E-state index contributed by atoms with van der Waals surface area (Å²) in [5.41, 5.74) is 2.11. The van der Waals surface area contributed by atoms with Gasteiger partial charge in [-0.2, -0.15) is 0 Å². The van der Waals surface area contributed by atoms with Gasteiger partial charge in [0.2, 0.25) is 5.91 Å². The highest BCUT2D eigenvalue weighted by atomic mass is 16.2. The van der Waals surface area contributed by atoms with E-state index in [9.17, 15) is 14.4 Å². The van der Waals surface area contributed by atoms with E-state index in [0.29, 0.717) is 42.3 Å². The number of hydrogen-bond donors (Lipinski definition) is 1. The zero-order valence-electron chi connectivity index (χ0n) is 19.6. The highest BCUT2D eigenvalue weighted by Crippen LogP contribution is 2.21. The quantitative estimate of drug-likeness (QED) is 0.716. The van der Waals surface area contributed by atoms with Crippen LogP contribution in [0.25, 0.3) is 11.0 Å². The molecule has 0 radical (unpaired) electrons. The van der Waals surface area contributed by atoms with Crippen molar-refractivity contribution in [3.63, 3.8) is 0 Å². The SMILES string of the molecule is Cc1nc2c(c(C)c1CCC(=O)NCC1CCN(CC(C)C)C1)c(=O)n(C)c(=O)n2C. The summed E-state index contributed by atoms with van der Waals surface area (Å²) in [5, 5.41) is 3.53. The Labute approximate surface area is 183 Å². The molecule has 2 aromatic heterocycles. The molecule has 3 rings (SSSR count). The Kier molecular flexibility index (Phi) is 6.99. The first kappa shape index (κ1) is 23.2. The number of likely N-dealkylation sites (tertiary alicyclic amines) is 1. The fraction of sp³-hybridized carbons (Fsp3) is 0.652. The summed E-state index contributed by atoms with van der Waals surface area (Å²) in [6, 6.07) is 0. The van der Waals surface area contributed by atoms with Crippen molar-refractivity contribution in [1.29, 1.82) is 0 Å². The van der Waals surface area contributed by atoms with E-state index in [4.69, 9.17) is 0 Å². The minimum Gasteiger partial charge on any atom is -0.356 e. The smallest absolute Gasteiger partial charge is 0.332 e. The molecule has 2 aromatic rings. The zero-order valence-corrected chi connectivity index (χ0v) is 19.6. The Morgan fingerprint density at radius 2 is 1.90 bits per heavy atom. The van der Waals surface area contributed by atoms with Crippen LogP contribution in [0.5, 0.6) is 0 Å². The minimum atomic E-state index is -0.394. The Morgan fingerprint density at radius 1 is 1.19 bits per heavy atom. The third kappa shape index (κ3) is 4.89. The van der Waals surface area contributed by atoms with E-state index < -0.39 is 5.69 Å². The third-order valence-electron chi connectivity index (χ3n) is 6.35. The number of aryl methyl sites for hydroxylation is 3. The Balaban J connectivity index is 1.67. The number of fused-ring (bicyclic) bond motifs is 1. The van der Waals surface area contributed by atoms with Gasteiger partial charge in [0, 0.05) is 45.8 Å². The van der Waals surface area contributed by atoms with Gasteiger partial charge in [0.15, 0.2) is 0 Å². The predicted octanol–water partition coefficient (Wildman–Crippen LogP) is 1.28. The molecule has 0 spiro atoms. The normalized spacial score (nSPS) is 17.1. The largest absolute Gasteiger partial charge is 0.356 e. The van der Waals surface area contributed by atoms with Crippen LogP contribution in [0.1, 0.15) is 43.5 Å². The molecule has 0 saturated carbocycles. The predicted molar refractivity (Wildman–Crippen MR) is 122 cm³/mol. The average Bonchev–Trinajstić information content (AvgIpc) is 3.15. The lowest BCUT2D eigenvalue weighted by atomic mass is 9.99. The molecule has 1 aliphatic heterocycles. The molecule has 1 unspecified atom stereocenters. The molecule has 8 heteroatoms. The van der Waals surface area contributed by atoms with E-state index in [1.165, 1.54) is 11.6 Å². The van der Waals surface area contributed by atoms with Crippen molar-refractivity contribution in [2.24, 2.45) is 25.9 Å². The molecular formula is C23H35N5O3. The molecular weight excluding hydrogens is 394 g/mol. The Bertz CT molecular complexity index is 1100. The van der Waals surface area contributed by atoms with E-state index in [1.54, 1.807) is 7.05 Å². The molecule has 0 aromatic carbocycles. The summed E-state index contributed by atoms with van der Waals surface area (Å²) in [6.45, 7) is 12.2. The van der Waals surface area contributed by atoms with Crippen molar-refractivity contribution >= 4 is 16.9 Å². The first-order valence-electron chi connectivity index (χ1n) is 11.1. The van der Waals surface area contributed by atoms with Gasteiger partial charge < -0.3 is 10.2 Å². The molecule has 170 valence electrons. The van der Waals surface area contributed by atoms with Gasteiger partial charge in [-0.3, -0.25) is 18.7 Å². The van der Waals surface area contributed by atoms with Crippen LogP contribution in [0.2, 0.25) is 0 Å². The lowest BCUT2D eigenvalue weighted by molar-refractivity contribution is -0.121. The highest BCUT2D eigenvalue weighted by Gasteiger charge is 2.23. The number of aromatic nitrogens is 3. The van der Waals surface area contributed by atoms with Crippen LogP contribution in [0.3, 0.4) is 0 Å². The molecule has 1 amide bonds. The minimum absolute atomic E-state index is 0.0228. The van der Waals surface area contributed by atoms with Crippen molar-refractivity contribution in [2.45, 2.75) is 47.0 Å². The van der Waals surface area contributed by atoms with Crippen LogP contribution < -0.4 is 16.6 Å². The van der Waals surface area contributed by atoms with E-state index in [1.807, 2.05) is 13.8 Å². The number of hydrogen-bond acceptors (Lipinski definition) is 5. The monoisotopic (exact) mass is 429 g/mol. The van der Waals surface area contributed by atoms with Crippen molar-refractivity contribution in [3.05, 3.63) is 37.7 Å². The number of amides is 1. The Hall–Kier alpha value is -2.48. The van der Waals surface area contributed by atoms with Gasteiger partial charge >= 0.3 is 5.69 Å². The summed E-state index contributed by atoms with van der Waals surface area (Å²) >= 11 is 0. The first-order valence-corrected chi connectivity index (χ1v) is 11.1. The van der Waals surface area contributed by atoms with Crippen LogP contribution in [-0.4, -0.2) is 51.1 Å². The summed E-state index contributed by atoms with van der Waals surface area (Å²) in [7, 11) is 3.09. The maximum atomic E-state index is 12.7. The van der Waals surface area contributed by atoms with Gasteiger partial charge in [-0.1, -0.05) is 13.8 Å². The lowest BCUT2D eigenvalue weighted by Crippen LogP contribution is -2.38. The van der Waals surface area contributed by atoms with Crippen LogP contribution in [0, 0.1) is 25.7 Å². The summed E-state index contributed by atoms with van der Waals surface area (Å²) in [6.07, 6.45) is 1.99. The van der Waals surface area contributed by atoms with Gasteiger partial charge in [0.25, 0.3) is 5.56 Å². The van der Waals surface area contributed by atoms with Gasteiger partial charge in [-0.15, -0.1) is 0 Å². The Morgan fingerprint density at radius 3 is 2.58 bits per heavy atom. The maximum Gasteiger partial charge on any atom is 0.332 e. The second-order valence-electron chi connectivity index (χ2n) is 9.32. The molecule has 1 atom stereocenters. The van der Waals surface area contributed by atoms with E-state index >= 15 is 0 Å². The molecule has 31 heavy (non-hydrogen) atoms. The number of carbonyl (C=O) groups is 1. The zero-order chi connectivity index (χ0) is 22.9. The number of carbonyl (C=O) groups excluding carboxylic acids is 1. The molecule has 0 bridgehead atoms. The van der Waals surface area contributed by atoms with Gasteiger partial charge in [0.05, 0.1) is 5.39 Å². The second kappa shape index (κ2) is 9.34. The van der Waals surface area contributed by atoms with Gasteiger partial charge in [-0.05, 0) is 56.2 Å². The van der Waals surface area contributed by atoms with Crippen LogP contribution >= 0.6 is 0 Å². The van der Waals surface area contributed by atoms with Crippen molar-refractivity contribution in [1.82, 2.24) is 24.3 Å². The first-order chi connectivity index (χ1) is 14.6. The number of pyridine rings is 1. The van der Waals surface area contributed by atoms with Gasteiger partial charge in [0.1, 0.15) is 5.65 Å². The maximum absolute atomic E-state index is 12.7.